The Morgan fingerprint density at radius 3 is 1.09 bits per heavy atom. The minimum Gasteiger partial charge on any atom is -0.479 e. The molecule has 4 aliphatic rings. The molecule has 0 aromatic heterocycles. The van der Waals surface area contributed by atoms with E-state index in [0.29, 0.717) is 15.7 Å². The molecule has 0 saturated carbocycles. The summed E-state index contributed by atoms with van der Waals surface area (Å²) in [6.45, 7) is 8.82. The fourth-order valence-electron chi connectivity index (χ4n) is 4.59. The van der Waals surface area contributed by atoms with Crippen LogP contribution in [-0.2, 0) is 14.2 Å². The van der Waals surface area contributed by atoms with E-state index in [4.69, 9.17) is 14.2 Å². The molecular weight excluding hydrogens is 474 g/mol. The van der Waals surface area contributed by atoms with Gasteiger partial charge < -0.3 is 14.2 Å². The molecule has 0 aliphatic carbocycles. The molecule has 4 aliphatic heterocycles. The minimum atomic E-state index is 0.0114. The lowest BCUT2D eigenvalue weighted by molar-refractivity contribution is -0.193. The fraction of sp³-hybridized carbons (Fsp3) is 0.750. The van der Waals surface area contributed by atoms with Crippen LogP contribution in [0.15, 0.2) is 35.5 Å². The van der Waals surface area contributed by atoms with Crippen LogP contribution < -0.4 is 0 Å². The van der Waals surface area contributed by atoms with Gasteiger partial charge in [-0.1, -0.05) is 20.8 Å². The average molecular weight is 514 g/mol. The van der Waals surface area contributed by atoms with Crippen LogP contribution in [0.5, 0.6) is 0 Å². The van der Waals surface area contributed by atoms with E-state index >= 15 is 0 Å². The van der Waals surface area contributed by atoms with Gasteiger partial charge in [-0.15, -0.1) is 0 Å². The van der Waals surface area contributed by atoms with Gasteiger partial charge in [0, 0.05) is 16.7 Å². The Hall–Kier alpha value is -0.450. The Bertz CT molecular complexity index is 665. The third kappa shape index (κ3) is 6.41. The van der Waals surface area contributed by atoms with Crippen LogP contribution in [0.2, 0.25) is 0 Å². The molecule has 0 aromatic rings. The Labute approximate surface area is 215 Å². The molecule has 0 amide bonds. The second kappa shape index (κ2) is 11.5. The summed E-state index contributed by atoms with van der Waals surface area (Å²) in [6, 6.07) is 0. The van der Waals surface area contributed by atoms with Crippen LogP contribution in [0.4, 0.5) is 0 Å². The second-order valence-corrected chi connectivity index (χ2v) is 12.5. The van der Waals surface area contributed by atoms with E-state index in [2.05, 4.69) is 73.4 Å². The van der Waals surface area contributed by atoms with Crippen molar-refractivity contribution in [2.24, 2.45) is 0 Å². The third-order valence-electron chi connectivity index (χ3n) is 6.63. The zero-order valence-electron chi connectivity index (χ0n) is 20.0. The lowest BCUT2D eigenvalue weighted by atomic mass is 10.0. The monoisotopic (exact) mass is 513 g/mol. The van der Waals surface area contributed by atoms with Crippen molar-refractivity contribution in [2.45, 2.75) is 93.7 Å². The van der Waals surface area contributed by atoms with E-state index in [9.17, 15) is 0 Å². The Morgan fingerprint density at radius 2 is 0.909 bits per heavy atom. The lowest BCUT2D eigenvalue weighted by Gasteiger charge is -2.52. The lowest BCUT2D eigenvalue weighted by Crippen LogP contribution is -2.65. The zero-order chi connectivity index (χ0) is 23.5. The number of ether oxygens (including phenoxy) is 3. The summed E-state index contributed by atoms with van der Waals surface area (Å²) in [5.74, 6) is 0. The van der Waals surface area contributed by atoms with E-state index in [0.717, 1.165) is 58.5 Å². The molecule has 4 heterocycles. The molecule has 1 saturated heterocycles. The summed E-state index contributed by atoms with van der Waals surface area (Å²) in [7, 11) is 0. The maximum Gasteiger partial charge on any atom is 0.179 e. The van der Waals surface area contributed by atoms with E-state index in [1.54, 1.807) is 0 Å². The van der Waals surface area contributed by atoms with Crippen molar-refractivity contribution >= 4 is 37.9 Å². The largest absolute Gasteiger partial charge is 0.479 e. The van der Waals surface area contributed by atoms with Gasteiger partial charge in [-0.3, -0.25) is 0 Å². The number of nitrogens with zero attached hydrogens (tertiary/aromatic N) is 3. The molecule has 6 unspecified atom stereocenters. The standard InChI is InChI=1S/C24H39N3O3S3/c1-16(31)4-7-19-10-28-22(19)25-13-26(23-20(11-29-23)8-5-17(2)32)15-27(14-25)24-21(12-30-24)9-6-18(3)33/h10-12,16-18,22-24,31-33H,4-9,13-15H2,1-3H3. The van der Waals surface area contributed by atoms with Crippen molar-refractivity contribution in [1.29, 1.82) is 0 Å². The van der Waals surface area contributed by atoms with Crippen molar-refractivity contribution in [3.8, 4) is 0 Å². The van der Waals surface area contributed by atoms with Gasteiger partial charge in [0.05, 0.1) is 38.8 Å². The molecule has 0 spiro atoms. The summed E-state index contributed by atoms with van der Waals surface area (Å²) in [5, 5.41) is 1.16. The molecule has 0 radical (unpaired) electrons. The smallest absolute Gasteiger partial charge is 0.179 e. The maximum atomic E-state index is 5.94. The minimum absolute atomic E-state index is 0.0114. The van der Waals surface area contributed by atoms with Gasteiger partial charge in [-0.25, -0.2) is 14.7 Å². The number of hydrogen-bond acceptors (Lipinski definition) is 9. The molecule has 0 bridgehead atoms. The van der Waals surface area contributed by atoms with Crippen LogP contribution in [-0.4, -0.2) is 69.1 Å². The first-order chi connectivity index (χ1) is 15.8. The highest BCUT2D eigenvalue weighted by molar-refractivity contribution is 7.81. The van der Waals surface area contributed by atoms with Crippen LogP contribution in [0.3, 0.4) is 0 Å². The molecule has 6 nitrogen and oxygen atoms in total. The molecule has 33 heavy (non-hydrogen) atoms. The van der Waals surface area contributed by atoms with Gasteiger partial charge >= 0.3 is 0 Å². The van der Waals surface area contributed by atoms with E-state index in [1.165, 1.54) is 16.7 Å². The summed E-state index contributed by atoms with van der Waals surface area (Å²) in [5.41, 5.74) is 4.04. The van der Waals surface area contributed by atoms with Gasteiger partial charge in [-0.05, 0) is 54.3 Å². The van der Waals surface area contributed by atoms with Gasteiger partial charge in [-0.2, -0.15) is 37.9 Å². The molecule has 0 aromatic carbocycles. The topological polar surface area (TPSA) is 37.4 Å². The molecule has 1 fully saturated rings. The Kier molecular flexibility index (Phi) is 8.95. The predicted molar refractivity (Wildman–Crippen MR) is 142 cm³/mol. The average Bonchev–Trinajstić information content (AvgIpc) is 2.65. The SMILES string of the molecule is CC(S)CCC1=COC1N1CN(C2OC=C2CCC(C)S)CN(C2OC=C2CCC(C)S)C1. The van der Waals surface area contributed by atoms with Crippen LogP contribution >= 0.6 is 37.9 Å². The number of thiol groups is 3. The molecular formula is C24H39N3O3S3. The van der Waals surface area contributed by atoms with Crippen LogP contribution in [0.25, 0.3) is 0 Å². The predicted octanol–water partition coefficient (Wildman–Crippen LogP) is 4.79. The molecule has 186 valence electrons. The van der Waals surface area contributed by atoms with E-state index < -0.39 is 0 Å². The van der Waals surface area contributed by atoms with Crippen molar-refractivity contribution in [3.05, 3.63) is 35.5 Å². The van der Waals surface area contributed by atoms with Gasteiger partial charge in [0.15, 0.2) is 18.7 Å². The number of rotatable bonds is 12. The molecule has 6 atom stereocenters. The van der Waals surface area contributed by atoms with Crippen LogP contribution in [0.1, 0.15) is 59.3 Å². The highest BCUT2D eigenvalue weighted by Gasteiger charge is 2.43. The fourth-order valence-corrected chi connectivity index (χ4v) is 4.98. The zero-order valence-corrected chi connectivity index (χ0v) is 22.7. The summed E-state index contributed by atoms with van der Waals surface area (Å²) >= 11 is 13.6. The molecule has 9 heteroatoms. The summed E-state index contributed by atoms with van der Waals surface area (Å²) in [4.78, 5) is 7.18. The van der Waals surface area contributed by atoms with Gasteiger partial charge in [0.25, 0.3) is 0 Å². The quantitative estimate of drug-likeness (QED) is 0.326. The highest BCUT2D eigenvalue weighted by atomic mass is 32.1. The molecule has 4 rings (SSSR count). The van der Waals surface area contributed by atoms with E-state index in [1.807, 2.05) is 18.8 Å². The van der Waals surface area contributed by atoms with Crippen molar-refractivity contribution in [2.75, 3.05) is 20.0 Å². The normalized spacial score (nSPS) is 30.7. The summed E-state index contributed by atoms with van der Waals surface area (Å²) in [6.07, 6.45) is 12.0. The second-order valence-electron chi connectivity index (χ2n) is 9.90. The number of hydrogen-bond donors (Lipinski definition) is 3. The van der Waals surface area contributed by atoms with Crippen LogP contribution in [0, 0.1) is 0 Å². The summed E-state index contributed by atoms with van der Waals surface area (Å²) < 4.78 is 17.8. The third-order valence-corrected chi connectivity index (χ3v) is 7.41. The van der Waals surface area contributed by atoms with Gasteiger partial charge in [0.1, 0.15) is 0 Å². The van der Waals surface area contributed by atoms with Crippen molar-refractivity contribution < 1.29 is 14.2 Å². The Balaban J connectivity index is 1.42. The van der Waals surface area contributed by atoms with Crippen molar-refractivity contribution in [3.63, 3.8) is 0 Å². The molecule has 0 N–H and O–H groups in total. The highest BCUT2D eigenvalue weighted by Crippen LogP contribution is 2.36. The first-order valence-electron chi connectivity index (χ1n) is 12.1. The van der Waals surface area contributed by atoms with E-state index in [-0.39, 0.29) is 18.7 Å². The Morgan fingerprint density at radius 1 is 0.636 bits per heavy atom. The first-order valence-corrected chi connectivity index (χ1v) is 13.7. The first kappa shape index (κ1) is 25.6. The van der Waals surface area contributed by atoms with Gasteiger partial charge in [0.2, 0.25) is 0 Å². The maximum absolute atomic E-state index is 5.94. The van der Waals surface area contributed by atoms with Crippen molar-refractivity contribution in [1.82, 2.24) is 14.7 Å².